The Balaban J connectivity index is 2.08. The van der Waals surface area contributed by atoms with Crippen LogP contribution in [0.1, 0.15) is 24.1 Å². The first-order valence-corrected chi connectivity index (χ1v) is 7.54. The van der Waals surface area contributed by atoms with Crippen molar-refractivity contribution < 1.29 is 4.74 Å². The second-order valence-electron chi connectivity index (χ2n) is 5.09. The molecule has 0 saturated carbocycles. The lowest BCUT2D eigenvalue weighted by Gasteiger charge is -2.20. The Bertz CT molecular complexity index is 556. The minimum atomic E-state index is 0.0528. The van der Waals surface area contributed by atoms with E-state index in [-0.39, 0.29) is 6.04 Å². The van der Waals surface area contributed by atoms with Crippen molar-refractivity contribution in [1.29, 1.82) is 0 Å². The molecule has 2 unspecified atom stereocenters. The highest BCUT2D eigenvalue weighted by Crippen LogP contribution is 2.28. The molecule has 0 aliphatic carbocycles. The molecule has 0 spiro atoms. The van der Waals surface area contributed by atoms with Crippen LogP contribution in [-0.4, -0.2) is 7.11 Å². The molecule has 0 aromatic heterocycles. The summed E-state index contributed by atoms with van der Waals surface area (Å²) >= 11 is 3.52. The van der Waals surface area contributed by atoms with E-state index in [1.807, 2.05) is 24.3 Å². The molecule has 0 fully saturated rings. The average Bonchev–Trinajstić information content (AvgIpc) is 2.47. The van der Waals surface area contributed by atoms with Crippen LogP contribution in [0.15, 0.2) is 53.0 Å². The number of halogens is 1. The van der Waals surface area contributed by atoms with E-state index in [4.69, 9.17) is 10.5 Å². The summed E-state index contributed by atoms with van der Waals surface area (Å²) in [5.74, 6) is 1.23. The van der Waals surface area contributed by atoms with Gasteiger partial charge in [0.15, 0.2) is 0 Å². The monoisotopic (exact) mass is 333 g/mol. The van der Waals surface area contributed by atoms with Gasteiger partial charge in [0.05, 0.1) is 11.6 Å². The molecule has 0 aliphatic rings. The number of ether oxygens (including phenoxy) is 1. The molecule has 0 bridgehead atoms. The fraction of sp³-hybridized carbons (Fsp3) is 0.294. The normalized spacial score (nSPS) is 13.8. The quantitative estimate of drug-likeness (QED) is 0.883. The van der Waals surface area contributed by atoms with E-state index in [1.54, 1.807) is 7.11 Å². The molecule has 2 nitrogen and oxygen atoms in total. The highest BCUT2D eigenvalue weighted by molar-refractivity contribution is 9.10. The van der Waals surface area contributed by atoms with E-state index in [0.717, 1.165) is 16.6 Å². The third-order valence-corrected chi connectivity index (χ3v) is 4.19. The number of nitrogens with two attached hydrogens (primary N) is 1. The van der Waals surface area contributed by atoms with Gasteiger partial charge in [-0.3, -0.25) is 0 Å². The van der Waals surface area contributed by atoms with Gasteiger partial charge in [-0.15, -0.1) is 0 Å². The standard InChI is InChI=1S/C17H20BrNO/c1-12(17(19)14-6-4-3-5-7-14)10-13-8-9-16(20-2)15(18)11-13/h3-9,11-12,17H,10,19H2,1-2H3. The van der Waals surface area contributed by atoms with Gasteiger partial charge in [-0.1, -0.05) is 43.3 Å². The zero-order chi connectivity index (χ0) is 14.5. The largest absolute Gasteiger partial charge is 0.496 e. The third kappa shape index (κ3) is 3.62. The van der Waals surface area contributed by atoms with Crippen LogP contribution in [0, 0.1) is 5.92 Å². The third-order valence-electron chi connectivity index (χ3n) is 3.57. The van der Waals surface area contributed by atoms with Crippen LogP contribution in [-0.2, 0) is 6.42 Å². The Morgan fingerprint density at radius 2 is 1.85 bits per heavy atom. The minimum absolute atomic E-state index is 0.0528. The van der Waals surface area contributed by atoms with E-state index >= 15 is 0 Å². The van der Waals surface area contributed by atoms with Crippen LogP contribution in [0.4, 0.5) is 0 Å². The SMILES string of the molecule is COc1ccc(CC(C)C(N)c2ccccc2)cc1Br. The van der Waals surface area contributed by atoms with Gasteiger partial charge in [0, 0.05) is 6.04 Å². The van der Waals surface area contributed by atoms with Crippen molar-refractivity contribution in [3.8, 4) is 5.75 Å². The van der Waals surface area contributed by atoms with Gasteiger partial charge >= 0.3 is 0 Å². The topological polar surface area (TPSA) is 35.2 Å². The molecule has 0 aliphatic heterocycles. The Morgan fingerprint density at radius 3 is 2.45 bits per heavy atom. The van der Waals surface area contributed by atoms with Crippen LogP contribution >= 0.6 is 15.9 Å². The van der Waals surface area contributed by atoms with E-state index in [2.05, 4.69) is 47.1 Å². The number of hydrogen-bond acceptors (Lipinski definition) is 2. The van der Waals surface area contributed by atoms with Gasteiger partial charge in [0.25, 0.3) is 0 Å². The van der Waals surface area contributed by atoms with Crippen LogP contribution in [0.25, 0.3) is 0 Å². The fourth-order valence-electron chi connectivity index (χ4n) is 2.34. The van der Waals surface area contributed by atoms with Gasteiger partial charge in [0.2, 0.25) is 0 Å². The van der Waals surface area contributed by atoms with Crippen LogP contribution in [0.3, 0.4) is 0 Å². The molecule has 0 saturated heterocycles. The van der Waals surface area contributed by atoms with E-state index in [9.17, 15) is 0 Å². The number of hydrogen-bond donors (Lipinski definition) is 1. The molecular formula is C17H20BrNO. The van der Waals surface area contributed by atoms with Crippen molar-refractivity contribution in [2.24, 2.45) is 11.7 Å². The molecule has 2 N–H and O–H groups in total. The number of methoxy groups -OCH3 is 1. The summed E-state index contributed by atoms with van der Waals surface area (Å²) in [6.45, 7) is 2.19. The zero-order valence-corrected chi connectivity index (χ0v) is 13.4. The van der Waals surface area contributed by atoms with Crippen molar-refractivity contribution in [3.63, 3.8) is 0 Å². The highest BCUT2D eigenvalue weighted by atomic mass is 79.9. The van der Waals surface area contributed by atoms with E-state index in [0.29, 0.717) is 5.92 Å². The molecule has 2 aromatic carbocycles. The predicted molar refractivity (Wildman–Crippen MR) is 86.9 cm³/mol. The Morgan fingerprint density at radius 1 is 1.15 bits per heavy atom. The minimum Gasteiger partial charge on any atom is -0.496 e. The van der Waals surface area contributed by atoms with Crippen molar-refractivity contribution in [2.45, 2.75) is 19.4 Å². The molecule has 0 amide bonds. The molecule has 2 atom stereocenters. The second-order valence-corrected chi connectivity index (χ2v) is 5.94. The van der Waals surface area contributed by atoms with Crippen LogP contribution < -0.4 is 10.5 Å². The molecule has 0 radical (unpaired) electrons. The fourth-order valence-corrected chi connectivity index (χ4v) is 2.93. The van der Waals surface area contributed by atoms with Crippen molar-refractivity contribution >= 4 is 15.9 Å². The first-order chi connectivity index (χ1) is 9.61. The first kappa shape index (κ1) is 15.1. The smallest absolute Gasteiger partial charge is 0.133 e. The Kier molecular flexibility index (Phi) is 5.21. The summed E-state index contributed by atoms with van der Waals surface area (Å²) in [4.78, 5) is 0. The molecule has 2 aromatic rings. The highest BCUT2D eigenvalue weighted by Gasteiger charge is 2.15. The lowest BCUT2D eigenvalue weighted by Crippen LogP contribution is -2.20. The lowest BCUT2D eigenvalue weighted by atomic mass is 9.90. The van der Waals surface area contributed by atoms with Gasteiger partial charge < -0.3 is 10.5 Å². The van der Waals surface area contributed by atoms with Gasteiger partial charge in [-0.2, -0.15) is 0 Å². The number of benzene rings is 2. The average molecular weight is 334 g/mol. The summed E-state index contributed by atoms with van der Waals surface area (Å²) in [5.41, 5.74) is 8.79. The molecule has 0 heterocycles. The maximum absolute atomic E-state index is 6.34. The lowest BCUT2D eigenvalue weighted by molar-refractivity contribution is 0.411. The molecular weight excluding hydrogens is 314 g/mol. The first-order valence-electron chi connectivity index (χ1n) is 6.74. The predicted octanol–water partition coefficient (Wildman–Crippen LogP) is 4.34. The van der Waals surface area contributed by atoms with Crippen molar-refractivity contribution in [1.82, 2.24) is 0 Å². The van der Waals surface area contributed by atoms with Gasteiger partial charge in [0.1, 0.15) is 5.75 Å². The van der Waals surface area contributed by atoms with Gasteiger partial charge in [-0.05, 0) is 51.5 Å². The van der Waals surface area contributed by atoms with E-state index < -0.39 is 0 Å². The summed E-state index contributed by atoms with van der Waals surface area (Å²) in [7, 11) is 1.67. The van der Waals surface area contributed by atoms with Crippen molar-refractivity contribution in [2.75, 3.05) is 7.11 Å². The van der Waals surface area contributed by atoms with Crippen LogP contribution in [0.5, 0.6) is 5.75 Å². The summed E-state index contributed by atoms with van der Waals surface area (Å²) in [5, 5.41) is 0. The van der Waals surface area contributed by atoms with Gasteiger partial charge in [-0.25, -0.2) is 0 Å². The summed E-state index contributed by atoms with van der Waals surface area (Å²) in [6, 6.07) is 16.5. The Hall–Kier alpha value is -1.32. The van der Waals surface area contributed by atoms with Crippen LogP contribution in [0.2, 0.25) is 0 Å². The zero-order valence-electron chi connectivity index (χ0n) is 11.8. The maximum Gasteiger partial charge on any atom is 0.133 e. The summed E-state index contributed by atoms with van der Waals surface area (Å²) in [6.07, 6.45) is 0.943. The molecule has 20 heavy (non-hydrogen) atoms. The van der Waals surface area contributed by atoms with E-state index in [1.165, 1.54) is 11.1 Å². The molecule has 106 valence electrons. The Labute approximate surface area is 129 Å². The molecule has 3 heteroatoms. The summed E-state index contributed by atoms with van der Waals surface area (Å²) < 4.78 is 6.23. The second kappa shape index (κ2) is 6.91. The molecule has 2 rings (SSSR count). The van der Waals surface area contributed by atoms with Crippen molar-refractivity contribution in [3.05, 3.63) is 64.1 Å². The number of rotatable bonds is 5. The maximum atomic E-state index is 6.34.